The van der Waals surface area contributed by atoms with Crippen molar-refractivity contribution in [2.24, 2.45) is 0 Å². The Morgan fingerprint density at radius 1 is 1.42 bits per heavy atom. The van der Waals surface area contributed by atoms with Gasteiger partial charge in [-0.25, -0.2) is 14.8 Å². The van der Waals surface area contributed by atoms with Crippen molar-refractivity contribution in [3.63, 3.8) is 0 Å². The topological polar surface area (TPSA) is 67.5 Å². The third kappa shape index (κ3) is 2.07. The van der Waals surface area contributed by atoms with Crippen LogP contribution in [-0.2, 0) is 0 Å². The molecule has 0 saturated heterocycles. The van der Waals surface area contributed by atoms with E-state index in [1.54, 1.807) is 22.9 Å². The minimum Gasteiger partial charge on any atom is -0.476 e. The number of carbonyl (C=O) groups is 1. The van der Waals surface area contributed by atoms with E-state index >= 15 is 0 Å². The maximum Gasteiger partial charge on any atom is 0.358 e. The van der Waals surface area contributed by atoms with E-state index in [1.807, 2.05) is 0 Å². The molecule has 0 aliphatic rings. The van der Waals surface area contributed by atoms with Crippen molar-refractivity contribution in [2.45, 2.75) is 0 Å². The molecule has 0 spiro atoms. The van der Waals surface area contributed by atoms with Crippen LogP contribution in [0.1, 0.15) is 10.5 Å². The van der Waals surface area contributed by atoms with Crippen LogP contribution in [-0.4, -0.2) is 25.4 Å². The van der Waals surface area contributed by atoms with Crippen LogP contribution in [0.5, 0.6) is 0 Å². The quantitative estimate of drug-likeness (QED) is 0.786. The number of hydrogen-bond donors (Lipinski definition) is 1. The summed E-state index contributed by atoms with van der Waals surface area (Å²) in [6, 6.07) is 1.70. The van der Waals surface area contributed by atoms with Crippen molar-refractivity contribution < 1.29 is 9.90 Å². The highest BCUT2D eigenvalue weighted by Gasteiger charge is 2.16. The SMILES string of the molecule is O=C(O)c1nccn2cc(-c3cc(Cl)sc3Cl)nc12. The van der Waals surface area contributed by atoms with Gasteiger partial charge in [0.15, 0.2) is 11.3 Å². The normalized spacial score (nSPS) is 11.1. The van der Waals surface area contributed by atoms with Gasteiger partial charge in [0.05, 0.1) is 10.0 Å². The van der Waals surface area contributed by atoms with Gasteiger partial charge in [0, 0.05) is 24.2 Å². The Bertz CT molecular complexity index is 796. The fourth-order valence-electron chi connectivity index (χ4n) is 1.72. The highest BCUT2D eigenvalue weighted by Crippen LogP contribution is 2.37. The van der Waals surface area contributed by atoms with Crippen molar-refractivity contribution in [3.05, 3.63) is 39.0 Å². The molecule has 3 rings (SSSR count). The van der Waals surface area contributed by atoms with E-state index in [4.69, 9.17) is 28.3 Å². The molecule has 8 heteroatoms. The first-order valence-electron chi connectivity index (χ1n) is 5.08. The predicted molar refractivity (Wildman–Crippen MR) is 73.3 cm³/mol. The Kier molecular flexibility index (Phi) is 2.93. The Labute approximate surface area is 121 Å². The van der Waals surface area contributed by atoms with Gasteiger partial charge in [0.1, 0.15) is 4.34 Å². The lowest BCUT2D eigenvalue weighted by Gasteiger charge is -1.95. The summed E-state index contributed by atoms with van der Waals surface area (Å²) >= 11 is 13.2. The zero-order chi connectivity index (χ0) is 13.6. The predicted octanol–water partition coefficient (Wildman–Crippen LogP) is 3.46. The highest BCUT2D eigenvalue weighted by molar-refractivity contribution is 7.20. The van der Waals surface area contributed by atoms with E-state index in [1.165, 1.54) is 17.5 Å². The summed E-state index contributed by atoms with van der Waals surface area (Å²) < 4.78 is 2.65. The molecule has 0 aromatic carbocycles. The van der Waals surface area contributed by atoms with Crippen LogP contribution in [0.3, 0.4) is 0 Å². The zero-order valence-corrected chi connectivity index (χ0v) is 11.5. The molecule has 0 saturated carbocycles. The van der Waals surface area contributed by atoms with Crippen LogP contribution >= 0.6 is 34.5 Å². The lowest BCUT2D eigenvalue weighted by molar-refractivity contribution is 0.0692. The highest BCUT2D eigenvalue weighted by atomic mass is 35.5. The van der Waals surface area contributed by atoms with E-state index < -0.39 is 5.97 Å². The van der Waals surface area contributed by atoms with Gasteiger partial charge in [0.2, 0.25) is 0 Å². The molecule has 0 atom stereocenters. The van der Waals surface area contributed by atoms with Gasteiger partial charge in [-0.05, 0) is 6.07 Å². The molecule has 1 N–H and O–H groups in total. The number of hydrogen-bond acceptors (Lipinski definition) is 4. The van der Waals surface area contributed by atoms with Crippen molar-refractivity contribution >= 4 is 46.2 Å². The van der Waals surface area contributed by atoms with Crippen LogP contribution in [0.15, 0.2) is 24.7 Å². The molecule has 0 aliphatic carbocycles. The number of fused-ring (bicyclic) bond motifs is 1. The largest absolute Gasteiger partial charge is 0.476 e. The number of rotatable bonds is 2. The van der Waals surface area contributed by atoms with Gasteiger partial charge < -0.3 is 9.51 Å². The fraction of sp³-hybridized carbons (Fsp3) is 0. The maximum atomic E-state index is 11.1. The molecule has 0 aliphatic heterocycles. The van der Waals surface area contributed by atoms with Crippen LogP contribution in [0.4, 0.5) is 0 Å². The fourth-order valence-corrected chi connectivity index (χ4v) is 3.20. The number of halogens is 2. The van der Waals surface area contributed by atoms with Crippen LogP contribution < -0.4 is 0 Å². The number of nitrogens with zero attached hydrogens (tertiary/aromatic N) is 3. The zero-order valence-electron chi connectivity index (χ0n) is 9.17. The second-order valence-electron chi connectivity index (χ2n) is 3.68. The summed E-state index contributed by atoms with van der Waals surface area (Å²) in [5.41, 5.74) is 1.40. The summed E-state index contributed by atoms with van der Waals surface area (Å²) in [4.78, 5) is 19.1. The molecule has 19 heavy (non-hydrogen) atoms. The number of aromatic nitrogens is 3. The second-order valence-corrected chi connectivity index (χ2v) is 5.96. The van der Waals surface area contributed by atoms with Gasteiger partial charge in [-0.1, -0.05) is 23.2 Å². The summed E-state index contributed by atoms with van der Waals surface area (Å²) in [7, 11) is 0. The first-order valence-corrected chi connectivity index (χ1v) is 6.65. The third-order valence-corrected chi connectivity index (χ3v) is 4.00. The Hall–Kier alpha value is -1.63. The molecule has 96 valence electrons. The van der Waals surface area contributed by atoms with E-state index in [9.17, 15) is 4.79 Å². The molecular weight excluding hydrogens is 309 g/mol. The van der Waals surface area contributed by atoms with Crippen molar-refractivity contribution in [1.29, 1.82) is 0 Å². The van der Waals surface area contributed by atoms with E-state index in [0.717, 1.165) is 0 Å². The second kappa shape index (κ2) is 4.48. The van der Waals surface area contributed by atoms with Gasteiger partial charge in [0.25, 0.3) is 0 Å². The summed E-state index contributed by atoms with van der Waals surface area (Å²) in [5, 5.41) is 9.06. The number of aromatic carboxylic acids is 1. The lowest BCUT2D eigenvalue weighted by atomic mass is 10.3. The molecule has 0 unspecified atom stereocenters. The molecular formula is C11H5Cl2N3O2S. The maximum absolute atomic E-state index is 11.1. The minimum absolute atomic E-state index is 0.105. The molecule has 5 nitrogen and oxygen atoms in total. The molecule has 3 aromatic rings. The molecule has 0 amide bonds. The molecule has 0 bridgehead atoms. The minimum atomic E-state index is -1.13. The van der Waals surface area contributed by atoms with Crippen LogP contribution in [0, 0.1) is 0 Å². The number of carboxylic acid groups (broad SMARTS) is 1. The number of thiophene rings is 1. The number of carboxylic acids is 1. The standard InChI is InChI=1S/C11H5Cl2N3O2S/c12-7-3-5(9(13)19-7)6-4-16-2-1-14-8(11(17)18)10(16)15-6/h1-4H,(H,17,18). The lowest BCUT2D eigenvalue weighted by Crippen LogP contribution is -2.03. The van der Waals surface area contributed by atoms with Gasteiger partial charge in [-0.2, -0.15) is 0 Å². The van der Waals surface area contributed by atoms with Crippen molar-refractivity contribution in [3.8, 4) is 11.3 Å². The Balaban J connectivity index is 2.25. The van der Waals surface area contributed by atoms with E-state index in [2.05, 4.69) is 9.97 Å². The van der Waals surface area contributed by atoms with E-state index in [0.29, 0.717) is 19.9 Å². The first-order chi connectivity index (χ1) is 9.06. The van der Waals surface area contributed by atoms with Crippen molar-refractivity contribution in [2.75, 3.05) is 0 Å². The number of imidazole rings is 1. The van der Waals surface area contributed by atoms with Crippen LogP contribution in [0.25, 0.3) is 16.9 Å². The average Bonchev–Trinajstić information content (AvgIpc) is 2.91. The van der Waals surface area contributed by atoms with E-state index in [-0.39, 0.29) is 11.3 Å². The van der Waals surface area contributed by atoms with Gasteiger partial charge >= 0.3 is 5.97 Å². The van der Waals surface area contributed by atoms with Crippen LogP contribution in [0.2, 0.25) is 8.67 Å². The Morgan fingerprint density at radius 3 is 2.84 bits per heavy atom. The average molecular weight is 314 g/mol. The Morgan fingerprint density at radius 2 is 2.21 bits per heavy atom. The smallest absolute Gasteiger partial charge is 0.358 e. The summed E-state index contributed by atoms with van der Waals surface area (Å²) in [6.45, 7) is 0. The molecule has 3 heterocycles. The molecule has 0 radical (unpaired) electrons. The van der Waals surface area contributed by atoms with Gasteiger partial charge in [-0.15, -0.1) is 11.3 Å². The third-order valence-electron chi connectivity index (χ3n) is 2.51. The monoisotopic (exact) mass is 313 g/mol. The first kappa shape index (κ1) is 12.4. The van der Waals surface area contributed by atoms with Crippen molar-refractivity contribution in [1.82, 2.24) is 14.4 Å². The summed E-state index contributed by atoms with van der Waals surface area (Å²) in [6.07, 6.45) is 4.72. The molecule has 0 fully saturated rings. The summed E-state index contributed by atoms with van der Waals surface area (Å²) in [5.74, 6) is -1.13. The van der Waals surface area contributed by atoms with Gasteiger partial charge in [-0.3, -0.25) is 0 Å². The molecule has 3 aromatic heterocycles.